The first-order valence-electron chi connectivity index (χ1n) is 3.05. The Bertz CT molecular complexity index is 172. The lowest BCUT2D eigenvalue weighted by atomic mass is 10.1. The van der Waals surface area contributed by atoms with E-state index in [1.165, 1.54) is 6.08 Å². The van der Waals surface area contributed by atoms with E-state index in [0.29, 0.717) is 12.2 Å². The molecule has 10 heavy (non-hydrogen) atoms. The Morgan fingerprint density at radius 1 is 1.80 bits per heavy atom. The Morgan fingerprint density at radius 2 is 2.50 bits per heavy atom. The summed E-state index contributed by atoms with van der Waals surface area (Å²) in [5.41, 5.74) is 0.560. The van der Waals surface area contributed by atoms with Crippen LogP contribution >= 0.6 is 0 Å². The minimum Gasteiger partial charge on any atom is -0.508 e. The molecule has 0 aromatic rings. The molecular weight excluding hydrogens is 132 g/mol. The van der Waals surface area contributed by atoms with Gasteiger partial charge in [-0.25, -0.2) is 0 Å². The molecule has 0 aromatic carbocycles. The Balaban J connectivity index is 2.65. The van der Waals surface area contributed by atoms with Crippen LogP contribution < -0.4 is 0 Å². The number of ether oxygens (including phenoxy) is 1. The van der Waals surface area contributed by atoms with Crippen LogP contribution in [0.4, 0.5) is 0 Å². The fourth-order valence-corrected chi connectivity index (χ4v) is 0.729. The summed E-state index contributed by atoms with van der Waals surface area (Å²) in [5.74, 6) is 0.130. The van der Waals surface area contributed by atoms with E-state index in [2.05, 4.69) is 6.58 Å². The molecule has 0 bridgehead atoms. The molecule has 1 aliphatic rings. The highest BCUT2D eigenvalue weighted by atomic mass is 16.5. The van der Waals surface area contributed by atoms with Crippen molar-refractivity contribution >= 4 is 0 Å². The molecule has 0 saturated carbocycles. The maximum atomic E-state index is 9.05. The van der Waals surface area contributed by atoms with Gasteiger partial charge in [0.2, 0.25) is 0 Å². The lowest BCUT2D eigenvalue weighted by molar-refractivity contribution is 0.0452. The highest BCUT2D eigenvalue weighted by Crippen LogP contribution is 2.13. The van der Waals surface area contributed by atoms with E-state index in [9.17, 15) is 0 Å². The summed E-state index contributed by atoms with van der Waals surface area (Å²) in [6, 6.07) is 0. The number of aliphatic hydroxyl groups is 2. The first-order chi connectivity index (χ1) is 4.74. The van der Waals surface area contributed by atoms with Crippen LogP contribution in [0.25, 0.3) is 0 Å². The standard InChI is InChI=1S/C7H10O3/c1-5-4-10-6(3-8)2-7(5)9/h2,6,8-9H,1,3-4H2. The van der Waals surface area contributed by atoms with Crippen molar-refractivity contribution in [3.8, 4) is 0 Å². The van der Waals surface area contributed by atoms with Gasteiger partial charge in [-0.3, -0.25) is 0 Å². The second-order valence-electron chi connectivity index (χ2n) is 2.19. The van der Waals surface area contributed by atoms with Gasteiger partial charge in [-0.2, -0.15) is 0 Å². The van der Waals surface area contributed by atoms with E-state index in [1.807, 2.05) is 0 Å². The fourth-order valence-electron chi connectivity index (χ4n) is 0.729. The molecule has 56 valence electrons. The van der Waals surface area contributed by atoms with Gasteiger partial charge >= 0.3 is 0 Å². The van der Waals surface area contributed by atoms with E-state index in [0.717, 1.165) is 0 Å². The van der Waals surface area contributed by atoms with Crippen molar-refractivity contribution in [1.82, 2.24) is 0 Å². The van der Waals surface area contributed by atoms with Crippen LogP contribution in [0.5, 0.6) is 0 Å². The first-order valence-corrected chi connectivity index (χ1v) is 3.05. The van der Waals surface area contributed by atoms with Gasteiger partial charge in [0.25, 0.3) is 0 Å². The predicted octanol–water partition coefficient (Wildman–Crippen LogP) is 0.376. The highest BCUT2D eigenvalue weighted by Gasteiger charge is 2.14. The molecule has 1 atom stereocenters. The van der Waals surface area contributed by atoms with Crippen molar-refractivity contribution in [3.05, 3.63) is 24.0 Å². The van der Waals surface area contributed by atoms with E-state index < -0.39 is 0 Å². The zero-order valence-corrected chi connectivity index (χ0v) is 5.58. The maximum Gasteiger partial charge on any atom is 0.119 e. The minimum atomic E-state index is -0.370. The molecular formula is C7H10O3. The summed E-state index contributed by atoms with van der Waals surface area (Å²) < 4.78 is 5.02. The van der Waals surface area contributed by atoms with Gasteiger partial charge in [0, 0.05) is 5.57 Å². The predicted molar refractivity (Wildman–Crippen MR) is 36.7 cm³/mol. The maximum absolute atomic E-state index is 9.05. The summed E-state index contributed by atoms with van der Waals surface area (Å²) in [7, 11) is 0. The molecule has 0 radical (unpaired) electrons. The molecule has 0 amide bonds. The van der Waals surface area contributed by atoms with E-state index in [1.54, 1.807) is 0 Å². The van der Waals surface area contributed by atoms with Gasteiger partial charge in [-0.15, -0.1) is 0 Å². The lowest BCUT2D eigenvalue weighted by Gasteiger charge is -2.18. The average molecular weight is 142 g/mol. The smallest absolute Gasteiger partial charge is 0.119 e. The molecule has 3 heteroatoms. The van der Waals surface area contributed by atoms with Crippen molar-refractivity contribution in [2.45, 2.75) is 6.10 Å². The summed E-state index contributed by atoms with van der Waals surface area (Å²) in [6.45, 7) is 3.74. The van der Waals surface area contributed by atoms with Crippen molar-refractivity contribution in [1.29, 1.82) is 0 Å². The van der Waals surface area contributed by atoms with Gasteiger partial charge < -0.3 is 14.9 Å². The molecule has 1 aliphatic heterocycles. The van der Waals surface area contributed by atoms with Crippen LogP contribution in [0.3, 0.4) is 0 Å². The van der Waals surface area contributed by atoms with Crippen molar-refractivity contribution in [2.24, 2.45) is 0 Å². The topological polar surface area (TPSA) is 49.7 Å². The van der Waals surface area contributed by atoms with Gasteiger partial charge in [-0.05, 0) is 6.08 Å². The zero-order valence-electron chi connectivity index (χ0n) is 5.58. The Kier molecular flexibility index (Phi) is 2.09. The van der Waals surface area contributed by atoms with Crippen molar-refractivity contribution < 1.29 is 14.9 Å². The molecule has 0 fully saturated rings. The van der Waals surface area contributed by atoms with Gasteiger partial charge in [0.05, 0.1) is 13.2 Å². The molecule has 0 aromatic heterocycles. The number of aliphatic hydroxyl groups excluding tert-OH is 2. The van der Waals surface area contributed by atoms with Gasteiger partial charge in [0.15, 0.2) is 0 Å². The second kappa shape index (κ2) is 2.86. The van der Waals surface area contributed by atoms with E-state index >= 15 is 0 Å². The number of hydrogen-bond donors (Lipinski definition) is 2. The number of rotatable bonds is 1. The molecule has 0 aliphatic carbocycles. The van der Waals surface area contributed by atoms with Crippen molar-refractivity contribution in [3.63, 3.8) is 0 Å². The molecule has 1 unspecified atom stereocenters. The molecule has 3 nitrogen and oxygen atoms in total. The third-order valence-corrected chi connectivity index (χ3v) is 1.36. The summed E-state index contributed by atoms with van der Waals surface area (Å²) in [6.07, 6.45) is 1.08. The summed E-state index contributed by atoms with van der Waals surface area (Å²) in [5, 5.41) is 17.6. The molecule has 2 N–H and O–H groups in total. The molecule has 1 heterocycles. The van der Waals surface area contributed by atoms with Crippen LogP contribution in [0.15, 0.2) is 24.0 Å². The SMILES string of the molecule is C=C1COC(CO)C=C1O. The van der Waals surface area contributed by atoms with Crippen molar-refractivity contribution in [2.75, 3.05) is 13.2 Å². The quantitative estimate of drug-likeness (QED) is 0.556. The second-order valence-corrected chi connectivity index (χ2v) is 2.19. The van der Waals surface area contributed by atoms with Crippen LogP contribution in [0.2, 0.25) is 0 Å². The molecule has 1 rings (SSSR count). The van der Waals surface area contributed by atoms with Crippen LogP contribution in [-0.2, 0) is 4.74 Å². The van der Waals surface area contributed by atoms with Crippen LogP contribution in [0, 0.1) is 0 Å². The monoisotopic (exact) mass is 142 g/mol. The van der Waals surface area contributed by atoms with Crippen LogP contribution in [0.1, 0.15) is 0 Å². The molecule has 0 spiro atoms. The Hall–Kier alpha value is -0.800. The summed E-state index contributed by atoms with van der Waals surface area (Å²) in [4.78, 5) is 0. The Morgan fingerprint density at radius 3 is 3.00 bits per heavy atom. The average Bonchev–Trinajstić information content (AvgIpc) is 1.95. The minimum absolute atomic E-state index is 0.0999. The zero-order chi connectivity index (χ0) is 7.56. The van der Waals surface area contributed by atoms with Gasteiger partial charge in [-0.1, -0.05) is 6.58 Å². The van der Waals surface area contributed by atoms with Gasteiger partial charge in [0.1, 0.15) is 11.9 Å². The molecule has 0 saturated heterocycles. The lowest BCUT2D eigenvalue weighted by Crippen LogP contribution is -2.21. The summed E-state index contributed by atoms with van der Waals surface area (Å²) >= 11 is 0. The highest BCUT2D eigenvalue weighted by molar-refractivity contribution is 5.25. The largest absolute Gasteiger partial charge is 0.508 e. The first kappa shape index (κ1) is 7.31. The van der Waals surface area contributed by atoms with E-state index in [4.69, 9.17) is 14.9 Å². The normalized spacial score (nSPS) is 26.3. The number of hydrogen-bond acceptors (Lipinski definition) is 3. The fraction of sp³-hybridized carbons (Fsp3) is 0.429. The Labute approximate surface area is 59.2 Å². The third kappa shape index (κ3) is 1.37. The van der Waals surface area contributed by atoms with Crippen LogP contribution in [-0.4, -0.2) is 29.5 Å². The third-order valence-electron chi connectivity index (χ3n) is 1.36. The van der Waals surface area contributed by atoms with E-state index in [-0.39, 0.29) is 18.5 Å².